The Hall–Kier alpha value is -1.02. The molecular formula is C14H23NO. The highest BCUT2D eigenvalue weighted by molar-refractivity contribution is 5.29. The highest BCUT2D eigenvalue weighted by Crippen LogP contribution is 2.21. The molecule has 0 bridgehead atoms. The molecule has 2 unspecified atom stereocenters. The van der Waals surface area contributed by atoms with Crippen molar-refractivity contribution in [2.24, 2.45) is 0 Å². The van der Waals surface area contributed by atoms with Gasteiger partial charge in [0.1, 0.15) is 5.75 Å². The van der Waals surface area contributed by atoms with Gasteiger partial charge in [-0.25, -0.2) is 0 Å². The number of methoxy groups -OCH3 is 1. The van der Waals surface area contributed by atoms with Crippen LogP contribution in [0.4, 0.5) is 0 Å². The van der Waals surface area contributed by atoms with Crippen molar-refractivity contribution >= 4 is 0 Å². The van der Waals surface area contributed by atoms with Crippen LogP contribution in [-0.2, 0) is 0 Å². The number of ether oxygens (including phenoxy) is 1. The van der Waals surface area contributed by atoms with Gasteiger partial charge in [-0.05, 0) is 43.5 Å². The number of hydrogen-bond acceptors (Lipinski definition) is 2. The van der Waals surface area contributed by atoms with Crippen LogP contribution in [0.25, 0.3) is 0 Å². The normalized spacial score (nSPS) is 14.5. The van der Waals surface area contributed by atoms with E-state index < -0.39 is 0 Å². The maximum absolute atomic E-state index is 5.16. The van der Waals surface area contributed by atoms with Gasteiger partial charge >= 0.3 is 0 Å². The average molecular weight is 221 g/mol. The smallest absolute Gasteiger partial charge is 0.118 e. The van der Waals surface area contributed by atoms with Crippen molar-refractivity contribution in [2.75, 3.05) is 13.7 Å². The highest BCUT2D eigenvalue weighted by Gasteiger charge is 2.13. The summed E-state index contributed by atoms with van der Waals surface area (Å²) in [4.78, 5) is 0. The highest BCUT2D eigenvalue weighted by atomic mass is 16.5. The van der Waals surface area contributed by atoms with Crippen LogP contribution in [-0.4, -0.2) is 19.7 Å². The second kappa shape index (κ2) is 6.54. The second-order valence-corrected chi connectivity index (χ2v) is 4.30. The zero-order valence-corrected chi connectivity index (χ0v) is 10.8. The summed E-state index contributed by atoms with van der Waals surface area (Å²) in [7, 11) is 1.70. The lowest BCUT2D eigenvalue weighted by molar-refractivity contribution is 0.414. The van der Waals surface area contributed by atoms with E-state index in [0.717, 1.165) is 12.3 Å². The molecule has 2 nitrogen and oxygen atoms in total. The lowest BCUT2D eigenvalue weighted by Crippen LogP contribution is -2.31. The van der Waals surface area contributed by atoms with Gasteiger partial charge in [0.2, 0.25) is 0 Å². The van der Waals surface area contributed by atoms with Gasteiger partial charge in [0.25, 0.3) is 0 Å². The monoisotopic (exact) mass is 221 g/mol. The number of hydrogen-bond donors (Lipinski definition) is 1. The Labute approximate surface area is 99.0 Å². The SMILES string of the molecule is CCCNC(C)C(C)c1ccc(OC)cc1. The average Bonchev–Trinajstić information content (AvgIpc) is 2.35. The first kappa shape index (κ1) is 13.0. The first-order valence-electron chi connectivity index (χ1n) is 6.06. The zero-order chi connectivity index (χ0) is 12.0. The third kappa shape index (κ3) is 3.53. The third-order valence-electron chi connectivity index (χ3n) is 3.11. The van der Waals surface area contributed by atoms with Crippen molar-refractivity contribution in [3.63, 3.8) is 0 Å². The van der Waals surface area contributed by atoms with E-state index in [0.29, 0.717) is 12.0 Å². The Morgan fingerprint density at radius 2 is 1.81 bits per heavy atom. The summed E-state index contributed by atoms with van der Waals surface area (Å²) in [5.41, 5.74) is 1.36. The van der Waals surface area contributed by atoms with Gasteiger partial charge < -0.3 is 10.1 Å². The predicted molar refractivity (Wildman–Crippen MR) is 69.2 cm³/mol. The third-order valence-corrected chi connectivity index (χ3v) is 3.11. The summed E-state index contributed by atoms with van der Waals surface area (Å²) in [6, 6.07) is 8.85. The fraction of sp³-hybridized carbons (Fsp3) is 0.571. The lowest BCUT2D eigenvalue weighted by atomic mass is 9.94. The molecule has 0 radical (unpaired) electrons. The van der Waals surface area contributed by atoms with Crippen molar-refractivity contribution in [3.8, 4) is 5.75 Å². The number of rotatable bonds is 6. The van der Waals surface area contributed by atoms with Crippen LogP contribution in [0.15, 0.2) is 24.3 Å². The molecule has 1 aromatic rings. The molecule has 0 fully saturated rings. The first-order valence-corrected chi connectivity index (χ1v) is 6.06. The Balaban J connectivity index is 2.60. The van der Waals surface area contributed by atoms with Crippen molar-refractivity contribution in [2.45, 2.75) is 39.2 Å². The summed E-state index contributed by atoms with van der Waals surface area (Å²) >= 11 is 0. The molecule has 0 aliphatic heterocycles. The number of benzene rings is 1. The second-order valence-electron chi connectivity index (χ2n) is 4.30. The molecule has 2 heteroatoms. The Morgan fingerprint density at radius 3 is 2.31 bits per heavy atom. The Bertz CT molecular complexity index is 294. The zero-order valence-electron chi connectivity index (χ0n) is 10.8. The van der Waals surface area contributed by atoms with Crippen LogP contribution in [0.5, 0.6) is 5.75 Å². The first-order chi connectivity index (χ1) is 7.69. The molecule has 16 heavy (non-hydrogen) atoms. The largest absolute Gasteiger partial charge is 0.497 e. The molecule has 0 saturated heterocycles. The molecule has 0 aromatic heterocycles. The molecule has 0 aliphatic carbocycles. The van der Waals surface area contributed by atoms with Crippen LogP contribution in [0.3, 0.4) is 0 Å². The topological polar surface area (TPSA) is 21.3 Å². The van der Waals surface area contributed by atoms with E-state index in [1.54, 1.807) is 7.11 Å². The summed E-state index contributed by atoms with van der Waals surface area (Å²) < 4.78 is 5.16. The molecule has 0 saturated carbocycles. The molecule has 0 aliphatic rings. The predicted octanol–water partition coefficient (Wildman–Crippen LogP) is 3.19. The maximum atomic E-state index is 5.16. The van der Waals surface area contributed by atoms with Crippen LogP contribution >= 0.6 is 0 Å². The van der Waals surface area contributed by atoms with E-state index >= 15 is 0 Å². The van der Waals surface area contributed by atoms with Crippen LogP contribution in [0.2, 0.25) is 0 Å². The molecule has 2 atom stereocenters. The van der Waals surface area contributed by atoms with E-state index in [4.69, 9.17) is 4.74 Å². The van der Waals surface area contributed by atoms with E-state index in [1.807, 2.05) is 12.1 Å². The lowest BCUT2D eigenvalue weighted by Gasteiger charge is -2.21. The standard InChI is InChI=1S/C14H23NO/c1-5-10-15-12(3)11(2)13-6-8-14(16-4)9-7-13/h6-9,11-12,15H,5,10H2,1-4H3. The van der Waals surface area contributed by atoms with Gasteiger partial charge in [-0.2, -0.15) is 0 Å². The molecule has 1 rings (SSSR count). The molecule has 90 valence electrons. The summed E-state index contributed by atoms with van der Waals surface area (Å²) in [6.07, 6.45) is 1.18. The van der Waals surface area contributed by atoms with Crippen molar-refractivity contribution in [1.29, 1.82) is 0 Å². The Kier molecular flexibility index (Phi) is 5.33. The number of nitrogens with one attached hydrogen (secondary N) is 1. The van der Waals surface area contributed by atoms with Gasteiger partial charge in [0.05, 0.1) is 7.11 Å². The van der Waals surface area contributed by atoms with E-state index in [-0.39, 0.29) is 0 Å². The molecule has 0 amide bonds. The quantitative estimate of drug-likeness (QED) is 0.796. The fourth-order valence-corrected chi connectivity index (χ4v) is 1.74. The van der Waals surface area contributed by atoms with Gasteiger partial charge in [0, 0.05) is 6.04 Å². The summed E-state index contributed by atoms with van der Waals surface area (Å²) in [5, 5.41) is 3.53. The maximum Gasteiger partial charge on any atom is 0.118 e. The Morgan fingerprint density at radius 1 is 1.19 bits per heavy atom. The van der Waals surface area contributed by atoms with Crippen molar-refractivity contribution < 1.29 is 4.74 Å². The fourth-order valence-electron chi connectivity index (χ4n) is 1.74. The molecule has 0 spiro atoms. The van der Waals surface area contributed by atoms with E-state index in [2.05, 4.69) is 38.2 Å². The minimum atomic E-state index is 0.508. The summed E-state index contributed by atoms with van der Waals surface area (Å²) in [5.74, 6) is 1.45. The van der Waals surface area contributed by atoms with Gasteiger partial charge in [-0.1, -0.05) is 26.0 Å². The van der Waals surface area contributed by atoms with Crippen molar-refractivity contribution in [3.05, 3.63) is 29.8 Å². The van der Waals surface area contributed by atoms with E-state index in [1.165, 1.54) is 12.0 Å². The van der Waals surface area contributed by atoms with Gasteiger partial charge in [0.15, 0.2) is 0 Å². The molecule has 1 N–H and O–H groups in total. The van der Waals surface area contributed by atoms with E-state index in [9.17, 15) is 0 Å². The summed E-state index contributed by atoms with van der Waals surface area (Å²) in [6.45, 7) is 7.78. The molecule has 1 aromatic carbocycles. The minimum Gasteiger partial charge on any atom is -0.497 e. The minimum absolute atomic E-state index is 0.508. The van der Waals surface area contributed by atoms with Gasteiger partial charge in [-0.3, -0.25) is 0 Å². The van der Waals surface area contributed by atoms with Crippen molar-refractivity contribution in [1.82, 2.24) is 5.32 Å². The molecule has 0 heterocycles. The molecular weight excluding hydrogens is 198 g/mol. The van der Waals surface area contributed by atoms with Crippen LogP contribution in [0, 0.1) is 0 Å². The van der Waals surface area contributed by atoms with Crippen LogP contribution in [0.1, 0.15) is 38.7 Å². The van der Waals surface area contributed by atoms with Crippen LogP contribution < -0.4 is 10.1 Å². The van der Waals surface area contributed by atoms with Gasteiger partial charge in [-0.15, -0.1) is 0 Å².